The van der Waals surface area contributed by atoms with Crippen molar-refractivity contribution in [2.75, 3.05) is 0 Å². The molecule has 1 unspecified atom stereocenters. The van der Waals surface area contributed by atoms with Gasteiger partial charge >= 0.3 is 0 Å². The zero-order chi connectivity index (χ0) is 11.6. The summed E-state index contributed by atoms with van der Waals surface area (Å²) in [7, 11) is 0. The Morgan fingerprint density at radius 2 is 1.94 bits per heavy atom. The lowest BCUT2D eigenvalue weighted by molar-refractivity contribution is 0.142. The second-order valence-electron chi connectivity index (χ2n) is 4.35. The Morgan fingerprint density at radius 1 is 1.25 bits per heavy atom. The van der Waals surface area contributed by atoms with Crippen LogP contribution in [0, 0.1) is 6.92 Å². The first-order valence-electron chi connectivity index (χ1n) is 5.38. The molecule has 0 amide bonds. The number of hydrogen-bond donors (Lipinski definition) is 0. The third-order valence-electron chi connectivity index (χ3n) is 2.67. The Labute approximate surface area is 101 Å². The molecule has 0 heterocycles. The van der Waals surface area contributed by atoms with Crippen molar-refractivity contribution in [1.82, 2.24) is 0 Å². The number of hydrogen-bond acceptors (Lipinski definition) is 1. The fourth-order valence-corrected chi connectivity index (χ4v) is 1.78. The standard InChI is InChI=1S/C14H15ClO/c1-11-3-5-13(6-4-11)16-14(2)9-7-12(15)8-10-14/h3-9H,10H2,1-2H3. The summed E-state index contributed by atoms with van der Waals surface area (Å²) >= 11 is 5.89. The van der Waals surface area contributed by atoms with Crippen LogP contribution in [0.2, 0.25) is 0 Å². The molecule has 0 fully saturated rings. The molecule has 2 rings (SSSR count). The molecule has 0 bridgehead atoms. The van der Waals surface area contributed by atoms with E-state index in [1.54, 1.807) is 0 Å². The van der Waals surface area contributed by atoms with E-state index < -0.39 is 0 Å². The van der Waals surface area contributed by atoms with E-state index in [0.717, 1.165) is 17.2 Å². The normalized spacial score (nSPS) is 24.1. The molecular weight excluding hydrogens is 220 g/mol. The molecular formula is C14H15ClO. The molecule has 84 valence electrons. The van der Waals surface area contributed by atoms with Gasteiger partial charge in [-0.15, -0.1) is 0 Å². The summed E-state index contributed by atoms with van der Waals surface area (Å²) in [5, 5.41) is 0.782. The molecule has 2 heteroatoms. The molecule has 0 aromatic heterocycles. The Morgan fingerprint density at radius 3 is 2.50 bits per heavy atom. The first-order chi connectivity index (χ1) is 7.57. The first kappa shape index (κ1) is 11.3. The van der Waals surface area contributed by atoms with Crippen molar-refractivity contribution in [3.63, 3.8) is 0 Å². The Balaban J connectivity index is 2.10. The van der Waals surface area contributed by atoms with Gasteiger partial charge in [0.25, 0.3) is 0 Å². The molecule has 0 radical (unpaired) electrons. The topological polar surface area (TPSA) is 9.23 Å². The van der Waals surface area contributed by atoms with E-state index in [2.05, 4.69) is 13.8 Å². The highest BCUT2D eigenvalue weighted by molar-refractivity contribution is 6.31. The van der Waals surface area contributed by atoms with E-state index in [4.69, 9.17) is 16.3 Å². The maximum Gasteiger partial charge on any atom is 0.128 e. The lowest BCUT2D eigenvalue weighted by Crippen LogP contribution is -2.30. The number of halogens is 1. The molecule has 1 atom stereocenters. The fourth-order valence-electron chi connectivity index (χ4n) is 1.64. The van der Waals surface area contributed by atoms with Gasteiger partial charge < -0.3 is 4.74 Å². The van der Waals surface area contributed by atoms with Gasteiger partial charge in [0, 0.05) is 11.5 Å². The average molecular weight is 235 g/mol. The second kappa shape index (κ2) is 4.34. The monoisotopic (exact) mass is 234 g/mol. The van der Waals surface area contributed by atoms with Gasteiger partial charge in [-0.1, -0.05) is 35.4 Å². The van der Waals surface area contributed by atoms with Crippen LogP contribution < -0.4 is 4.74 Å². The minimum absolute atomic E-state index is 0.284. The molecule has 16 heavy (non-hydrogen) atoms. The van der Waals surface area contributed by atoms with Gasteiger partial charge in [0.2, 0.25) is 0 Å². The van der Waals surface area contributed by atoms with Crippen LogP contribution in [0.5, 0.6) is 5.75 Å². The van der Waals surface area contributed by atoms with Crippen molar-refractivity contribution in [2.24, 2.45) is 0 Å². The summed E-state index contributed by atoms with van der Waals surface area (Å²) in [6, 6.07) is 8.09. The van der Waals surface area contributed by atoms with Crippen LogP contribution in [0.4, 0.5) is 0 Å². The quantitative estimate of drug-likeness (QED) is 0.745. The van der Waals surface area contributed by atoms with Crippen LogP contribution in [-0.4, -0.2) is 5.60 Å². The van der Waals surface area contributed by atoms with E-state index in [-0.39, 0.29) is 5.60 Å². The van der Waals surface area contributed by atoms with Crippen molar-refractivity contribution in [2.45, 2.75) is 25.9 Å². The van der Waals surface area contributed by atoms with Crippen LogP contribution in [0.3, 0.4) is 0 Å². The highest BCUT2D eigenvalue weighted by Gasteiger charge is 2.24. The molecule has 0 saturated heterocycles. The molecule has 0 saturated carbocycles. The van der Waals surface area contributed by atoms with E-state index in [1.165, 1.54) is 5.56 Å². The number of benzene rings is 1. The largest absolute Gasteiger partial charge is 0.483 e. The molecule has 0 aliphatic heterocycles. The first-order valence-corrected chi connectivity index (χ1v) is 5.76. The average Bonchev–Trinajstić information content (AvgIpc) is 2.27. The van der Waals surface area contributed by atoms with Gasteiger partial charge in [-0.05, 0) is 38.1 Å². The Hall–Kier alpha value is -1.21. The molecule has 0 spiro atoms. The number of rotatable bonds is 2. The number of allylic oxidation sites excluding steroid dienone is 2. The molecule has 1 aromatic carbocycles. The van der Waals surface area contributed by atoms with Crippen LogP contribution in [0.25, 0.3) is 0 Å². The van der Waals surface area contributed by atoms with Crippen LogP contribution in [-0.2, 0) is 0 Å². The van der Waals surface area contributed by atoms with Crippen molar-refractivity contribution in [3.05, 3.63) is 53.1 Å². The van der Waals surface area contributed by atoms with Gasteiger partial charge in [0.15, 0.2) is 0 Å². The number of ether oxygens (including phenoxy) is 1. The highest BCUT2D eigenvalue weighted by Crippen LogP contribution is 2.28. The van der Waals surface area contributed by atoms with Gasteiger partial charge in [0.1, 0.15) is 11.4 Å². The maximum absolute atomic E-state index is 5.96. The summed E-state index contributed by atoms with van der Waals surface area (Å²) in [6.07, 6.45) is 6.68. The summed E-state index contributed by atoms with van der Waals surface area (Å²) in [5.41, 5.74) is 0.952. The smallest absolute Gasteiger partial charge is 0.128 e. The fraction of sp³-hybridized carbons (Fsp3) is 0.286. The third-order valence-corrected chi connectivity index (χ3v) is 2.95. The third kappa shape index (κ3) is 2.67. The maximum atomic E-state index is 5.96. The van der Waals surface area contributed by atoms with Crippen molar-refractivity contribution >= 4 is 11.6 Å². The SMILES string of the molecule is Cc1ccc(OC2(C)C=CC(Cl)=CC2)cc1. The van der Waals surface area contributed by atoms with Crippen molar-refractivity contribution in [3.8, 4) is 5.75 Å². The van der Waals surface area contributed by atoms with Crippen molar-refractivity contribution < 1.29 is 4.74 Å². The molecule has 1 aliphatic carbocycles. The van der Waals surface area contributed by atoms with Crippen LogP contribution in [0.15, 0.2) is 47.5 Å². The summed E-state index contributed by atoms with van der Waals surface area (Å²) in [6.45, 7) is 4.12. The molecule has 0 N–H and O–H groups in total. The molecule has 1 aromatic rings. The Kier molecular flexibility index (Phi) is 3.06. The van der Waals surface area contributed by atoms with Gasteiger partial charge in [-0.25, -0.2) is 0 Å². The predicted molar refractivity (Wildman–Crippen MR) is 67.9 cm³/mol. The predicted octanol–water partition coefficient (Wildman–Crippen LogP) is 4.22. The van der Waals surface area contributed by atoms with E-state index in [0.29, 0.717) is 0 Å². The lowest BCUT2D eigenvalue weighted by Gasteiger charge is -2.28. The molecule has 1 nitrogen and oxygen atoms in total. The van der Waals surface area contributed by atoms with E-state index in [9.17, 15) is 0 Å². The zero-order valence-corrected chi connectivity index (χ0v) is 10.3. The van der Waals surface area contributed by atoms with Crippen molar-refractivity contribution in [1.29, 1.82) is 0 Å². The number of aryl methyl sites for hydroxylation is 1. The summed E-state index contributed by atoms with van der Waals surface area (Å²) in [4.78, 5) is 0. The summed E-state index contributed by atoms with van der Waals surface area (Å²) < 4.78 is 5.96. The summed E-state index contributed by atoms with van der Waals surface area (Å²) in [5.74, 6) is 0.893. The second-order valence-corrected chi connectivity index (χ2v) is 4.79. The van der Waals surface area contributed by atoms with E-state index in [1.807, 2.05) is 42.5 Å². The minimum atomic E-state index is -0.284. The zero-order valence-electron chi connectivity index (χ0n) is 9.53. The molecule has 1 aliphatic rings. The minimum Gasteiger partial charge on any atom is -0.483 e. The highest BCUT2D eigenvalue weighted by atomic mass is 35.5. The van der Waals surface area contributed by atoms with Gasteiger partial charge in [0.05, 0.1) is 0 Å². The Bertz CT molecular complexity index is 431. The van der Waals surface area contributed by atoms with Crippen LogP contribution in [0.1, 0.15) is 18.9 Å². The van der Waals surface area contributed by atoms with Gasteiger partial charge in [-0.3, -0.25) is 0 Å². The van der Waals surface area contributed by atoms with E-state index >= 15 is 0 Å². The van der Waals surface area contributed by atoms with Gasteiger partial charge in [-0.2, -0.15) is 0 Å². The van der Waals surface area contributed by atoms with Crippen LogP contribution >= 0.6 is 11.6 Å². The lowest BCUT2D eigenvalue weighted by atomic mass is 9.97.